The standard InChI is InChI=1S/C14H22N2OS/c1-11(8-9-18-3)16(2)14(17)13-6-4-12(10-15)5-7-13/h4-7,11H,8-10,15H2,1-3H3. The molecule has 0 spiro atoms. The number of carbonyl (C=O) groups is 1. The molecule has 100 valence electrons. The molecule has 1 aromatic carbocycles. The molecule has 4 heteroatoms. The molecule has 0 radical (unpaired) electrons. The van der Waals surface area contributed by atoms with Gasteiger partial charge in [0, 0.05) is 25.2 Å². The monoisotopic (exact) mass is 266 g/mol. The Labute approximate surface area is 114 Å². The maximum atomic E-state index is 12.2. The fourth-order valence-corrected chi connectivity index (χ4v) is 2.25. The summed E-state index contributed by atoms with van der Waals surface area (Å²) in [4.78, 5) is 14.0. The third-order valence-electron chi connectivity index (χ3n) is 3.16. The summed E-state index contributed by atoms with van der Waals surface area (Å²) in [6.45, 7) is 2.59. The van der Waals surface area contributed by atoms with Gasteiger partial charge in [-0.15, -0.1) is 0 Å². The average molecular weight is 266 g/mol. The summed E-state index contributed by atoms with van der Waals surface area (Å²) in [5, 5.41) is 0. The Bertz CT molecular complexity index is 378. The van der Waals surface area contributed by atoms with Crippen LogP contribution >= 0.6 is 11.8 Å². The molecule has 0 saturated heterocycles. The molecule has 1 atom stereocenters. The van der Waals surface area contributed by atoms with E-state index in [0.717, 1.165) is 23.3 Å². The topological polar surface area (TPSA) is 46.3 Å². The molecule has 1 amide bonds. The van der Waals surface area contributed by atoms with Crippen molar-refractivity contribution in [2.75, 3.05) is 19.1 Å². The number of hydrogen-bond acceptors (Lipinski definition) is 3. The summed E-state index contributed by atoms with van der Waals surface area (Å²) >= 11 is 1.81. The SMILES string of the molecule is CSCCC(C)N(C)C(=O)c1ccc(CN)cc1. The van der Waals surface area contributed by atoms with Crippen LogP contribution in [0.2, 0.25) is 0 Å². The number of rotatable bonds is 6. The number of amides is 1. The summed E-state index contributed by atoms with van der Waals surface area (Å²) in [6, 6.07) is 7.78. The lowest BCUT2D eigenvalue weighted by Crippen LogP contribution is -2.35. The van der Waals surface area contributed by atoms with Gasteiger partial charge >= 0.3 is 0 Å². The largest absolute Gasteiger partial charge is 0.339 e. The molecule has 3 nitrogen and oxygen atoms in total. The van der Waals surface area contributed by atoms with Gasteiger partial charge in [-0.1, -0.05) is 12.1 Å². The maximum absolute atomic E-state index is 12.2. The van der Waals surface area contributed by atoms with E-state index >= 15 is 0 Å². The van der Waals surface area contributed by atoms with E-state index in [9.17, 15) is 4.79 Å². The number of thioether (sulfide) groups is 1. The van der Waals surface area contributed by atoms with Gasteiger partial charge in [0.05, 0.1) is 0 Å². The quantitative estimate of drug-likeness (QED) is 0.860. The van der Waals surface area contributed by atoms with Crippen molar-refractivity contribution >= 4 is 17.7 Å². The van der Waals surface area contributed by atoms with Crippen LogP contribution in [0.25, 0.3) is 0 Å². The highest BCUT2D eigenvalue weighted by Crippen LogP contribution is 2.11. The molecule has 0 aliphatic rings. The summed E-state index contributed by atoms with van der Waals surface area (Å²) in [7, 11) is 1.87. The Morgan fingerprint density at radius 1 is 1.39 bits per heavy atom. The lowest BCUT2D eigenvalue weighted by Gasteiger charge is -2.25. The minimum Gasteiger partial charge on any atom is -0.339 e. The molecule has 2 N–H and O–H groups in total. The van der Waals surface area contributed by atoms with Crippen molar-refractivity contribution in [1.29, 1.82) is 0 Å². The molecular formula is C14H22N2OS. The van der Waals surface area contributed by atoms with Crippen LogP contribution in [0.4, 0.5) is 0 Å². The molecule has 1 aromatic rings. The first kappa shape index (κ1) is 15.1. The Balaban J connectivity index is 2.67. The van der Waals surface area contributed by atoms with Crippen molar-refractivity contribution in [2.45, 2.75) is 25.9 Å². The van der Waals surface area contributed by atoms with Gasteiger partial charge in [0.1, 0.15) is 0 Å². The van der Waals surface area contributed by atoms with E-state index in [1.165, 1.54) is 0 Å². The Hall–Kier alpha value is -1.00. The molecule has 0 saturated carbocycles. The Kier molecular flexibility index (Phi) is 6.22. The van der Waals surface area contributed by atoms with Gasteiger partial charge in [0.25, 0.3) is 5.91 Å². The van der Waals surface area contributed by atoms with Gasteiger partial charge in [-0.3, -0.25) is 4.79 Å². The smallest absolute Gasteiger partial charge is 0.253 e. The normalized spacial score (nSPS) is 12.2. The molecule has 0 fully saturated rings. The fourth-order valence-electron chi connectivity index (χ4n) is 1.67. The number of benzene rings is 1. The van der Waals surface area contributed by atoms with E-state index in [0.29, 0.717) is 6.54 Å². The molecule has 1 rings (SSSR count). The summed E-state index contributed by atoms with van der Waals surface area (Å²) < 4.78 is 0. The minimum atomic E-state index is 0.0761. The van der Waals surface area contributed by atoms with E-state index in [-0.39, 0.29) is 11.9 Å². The van der Waals surface area contributed by atoms with Crippen LogP contribution in [-0.4, -0.2) is 35.9 Å². The first-order valence-electron chi connectivity index (χ1n) is 6.15. The molecule has 0 aromatic heterocycles. The molecule has 0 bridgehead atoms. The lowest BCUT2D eigenvalue weighted by molar-refractivity contribution is 0.0741. The van der Waals surface area contributed by atoms with Crippen LogP contribution in [0.3, 0.4) is 0 Å². The van der Waals surface area contributed by atoms with Crippen LogP contribution in [-0.2, 0) is 6.54 Å². The summed E-state index contributed by atoms with van der Waals surface area (Å²) in [5.41, 5.74) is 7.31. The predicted molar refractivity (Wildman–Crippen MR) is 78.9 cm³/mol. The number of hydrogen-bond donors (Lipinski definition) is 1. The average Bonchev–Trinajstić information content (AvgIpc) is 2.43. The Morgan fingerprint density at radius 3 is 2.50 bits per heavy atom. The molecule has 18 heavy (non-hydrogen) atoms. The molecule has 0 aliphatic carbocycles. The predicted octanol–water partition coefficient (Wildman–Crippen LogP) is 2.36. The maximum Gasteiger partial charge on any atom is 0.253 e. The van der Waals surface area contributed by atoms with Crippen molar-refractivity contribution in [3.63, 3.8) is 0 Å². The lowest BCUT2D eigenvalue weighted by atomic mass is 10.1. The van der Waals surface area contributed by atoms with Gasteiger partial charge in [-0.05, 0) is 43.0 Å². The zero-order valence-corrected chi connectivity index (χ0v) is 12.2. The minimum absolute atomic E-state index is 0.0761. The van der Waals surface area contributed by atoms with Crippen LogP contribution in [0.1, 0.15) is 29.3 Å². The third-order valence-corrected chi connectivity index (χ3v) is 3.80. The van der Waals surface area contributed by atoms with Crippen LogP contribution in [0.5, 0.6) is 0 Å². The van der Waals surface area contributed by atoms with E-state index in [1.54, 1.807) is 0 Å². The zero-order valence-electron chi connectivity index (χ0n) is 11.3. The number of carbonyl (C=O) groups excluding carboxylic acids is 1. The van der Waals surface area contributed by atoms with Crippen molar-refractivity contribution in [2.24, 2.45) is 5.73 Å². The summed E-state index contributed by atoms with van der Waals surface area (Å²) in [6.07, 6.45) is 3.10. The molecule has 0 aliphatic heterocycles. The number of nitrogens with zero attached hydrogens (tertiary/aromatic N) is 1. The van der Waals surface area contributed by atoms with Crippen LogP contribution < -0.4 is 5.73 Å². The van der Waals surface area contributed by atoms with E-state index in [4.69, 9.17) is 5.73 Å². The highest BCUT2D eigenvalue weighted by atomic mass is 32.2. The number of nitrogens with two attached hydrogens (primary N) is 1. The highest BCUT2D eigenvalue weighted by Gasteiger charge is 2.16. The van der Waals surface area contributed by atoms with Crippen LogP contribution in [0, 0.1) is 0 Å². The third kappa shape index (κ3) is 4.03. The zero-order chi connectivity index (χ0) is 13.5. The molecular weight excluding hydrogens is 244 g/mol. The second kappa shape index (κ2) is 7.44. The van der Waals surface area contributed by atoms with Gasteiger partial charge in [-0.25, -0.2) is 0 Å². The van der Waals surface area contributed by atoms with Crippen molar-refractivity contribution in [1.82, 2.24) is 4.90 Å². The highest BCUT2D eigenvalue weighted by molar-refractivity contribution is 7.98. The van der Waals surface area contributed by atoms with E-state index < -0.39 is 0 Å². The fraction of sp³-hybridized carbons (Fsp3) is 0.500. The van der Waals surface area contributed by atoms with E-state index in [1.807, 2.05) is 48.0 Å². The van der Waals surface area contributed by atoms with Crippen molar-refractivity contribution in [3.8, 4) is 0 Å². The van der Waals surface area contributed by atoms with E-state index in [2.05, 4.69) is 13.2 Å². The van der Waals surface area contributed by atoms with Crippen LogP contribution in [0.15, 0.2) is 24.3 Å². The molecule has 1 unspecified atom stereocenters. The molecule has 0 heterocycles. The first-order valence-corrected chi connectivity index (χ1v) is 7.54. The van der Waals surface area contributed by atoms with Gasteiger partial charge in [0.2, 0.25) is 0 Å². The van der Waals surface area contributed by atoms with Gasteiger partial charge in [0.15, 0.2) is 0 Å². The van der Waals surface area contributed by atoms with Gasteiger partial charge < -0.3 is 10.6 Å². The second-order valence-electron chi connectivity index (χ2n) is 4.45. The second-order valence-corrected chi connectivity index (χ2v) is 5.43. The van der Waals surface area contributed by atoms with Crippen molar-refractivity contribution in [3.05, 3.63) is 35.4 Å². The van der Waals surface area contributed by atoms with Gasteiger partial charge in [-0.2, -0.15) is 11.8 Å². The summed E-state index contributed by atoms with van der Waals surface area (Å²) in [5.74, 6) is 1.15. The first-order chi connectivity index (χ1) is 8.60. The van der Waals surface area contributed by atoms with Crippen molar-refractivity contribution < 1.29 is 4.79 Å². The Morgan fingerprint density at radius 2 is 2.00 bits per heavy atom.